The maximum absolute atomic E-state index is 7.29. The first-order chi connectivity index (χ1) is 11.7. The maximum atomic E-state index is 7.29. The van der Waals surface area contributed by atoms with Crippen molar-refractivity contribution in [1.29, 1.82) is 0 Å². The third-order valence-corrected chi connectivity index (χ3v) is 8.85. The van der Waals surface area contributed by atoms with E-state index in [-0.39, 0.29) is 18.9 Å². The fraction of sp³-hybridized carbons (Fsp3) is 0.667. The van der Waals surface area contributed by atoms with Gasteiger partial charge in [-0.2, -0.15) is 27.5 Å². The molecular formula is C18H28BLiN2O2P+. The van der Waals surface area contributed by atoms with Crippen molar-refractivity contribution in [3.63, 3.8) is 0 Å². The van der Waals surface area contributed by atoms with Gasteiger partial charge in [0.05, 0.1) is 25.3 Å². The second-order valence-electron chi connectivity index (χ2n) is 6.73. The van der Waals surface area contributed by atoms with Gasteiger partial charge in [0.15, 0.2) is 0 Å². The monoisotopic (exact) mass is 353 g/mol. The normalized spacial score (nSPS) is 25.2. The van der Waals surface area contributed by atoms with Gasteiger partial charge in [-0.05, 0) is 25.7 Å². The van der Waals surface area contributed by atoms with Crippen LogP contribution in [0.25, 0.3) is 0 Å². The molecule has 2 heterocycles. The minimum Gasteiger partial charge on any atom is -0.383 e. The fourth-order valence-corrected chi connectivity index (χ4v) is 7.85. The molecule has 0 N–H and O–H groups in total. The quantitative estimate of drug-likeness (QED) is 0.367. The van der Waals surface area contributed by atoms with Gasteiger partial charge in [-0.15, -0.1) is 12.1 Å². The molecule has 7 heteroatoms. The van der Waals surface area contributed by atoms with Gasteiger partial charge < -0.3 is 9.47 Å². The third-order valence-electron chi connectivity index (χ3n) is 5.24. The van der Waals surface area contributed by atoms with Crippen LogP contribution in [0.2, 0.25) is 0 Å². The average Bonchev–Trinajstić information content (AvgIpc) is 3.26. The van der Waals surface area contributed by atoms with E-state index < -0.39 is 7.44 Å². The van der Waals surface area contributed by atoms with Crippen LogP contribution in [-0.2, 0) is 9.47 Å². The Morgan fingerprint density at radius 1 is 1.08 bits per heavy atom. The molecule has 1 aromatic rings. The maximum Gasteiger partial charge on any atom is 1.00 e. The summed E-state index contributed by atoms with van der Waals surface area (Å²) in [5.41, 5.74) is 0. The van der Waals surface area contributed by atoms with Crippen LogP contribution < -0.4 is 24.2 Å². The molecule has 0 amide bonds. The van der Waals surface area contributed by atoms with Crippen molar-refractivity contribution in [2.45, 2.75) is 37.8 Å². The molecule has 2 fully saturated rings. The van der Waals surface area contributed by atoms with Gasteiger partial charge in [0.25, 0.3) is 0 Å². The standard InChI is InChI=1S/C18H28BN2O2P.Li/c1-22-14-16-8-6-12-20(16)24(19,18-10-4-3-5-11-18)21-13-7-9-17(21)15-23-2;/h3-5,10,16-17H,6-9,12-15H2,1-2H3;/q;+1/t16-,17-;/m0./s1. The van der Waals surface area contributed by atoms with Crippen molar-refractivity contribution in [1.82, 2.24) is 9.34 Å². The summed E-state index contributed by atoms with van der Waals surface area (Å²) >= 11 is 0. The Kier molecular flexibility index (Phi) is 8.50. The second-order valence-corrected chi connectivity index (χ2v) is 9.53. The first kappa shape index (κ1) is 21.5. The second kappa shape index (κ2) is 9.91. The Labute approximate surface area is 166 Å². The topological polar surface area (TPSA) is 24.9 Å². The molecule has 2 radical (unpaired) electrons. The molecule has 1 aromatic carbocycles. The summed E-state index contributed by atoms with van der Waals surface area (Å²) in [6.45, 7) is 3.57. The van der Waals surface area contributed by atoms with E-state index in [1.54, 1.807) is 14.2 Å². The van der Waals surface area contributed by atoms with Crippen LogP contribution in [0.15, 0.2) is 24.3 Å². The van der Waals surface area contributed by atoms with Crippen LogP contribution in [0.5, 0.6) is 0 Å². The van der Waals surface area contributed by atoms with E-state index in [1.807, 2.05) is 12.1 Å². The summed E-state index contributed by atoms with van der Waals surface area (Å²) < 4.78 is 16.1. The average molecular weight is 353 g/mol. The zero-order valence-corrected chi connectivity index (χ0v) is 16.8. The van der Waals surface area contributed by atoms with Crippen molar-refractivity contribution < 1.29 is 28.3 Å². The number of ether oxygens (including phenoxy) is 2. The minimum atomic E-state index is -2.14. The predicted octanol–water partition coefficient (Wildman–Crippen LogP) is -0.731. The van der Waals surface area contributed by atoms with E-state index in [0.717, 1.165) is 44.4 Å². The molecule has 2 saturated heterocycles. The van der Waals surface area contributed by atoms with E-state index in [9.17, 15) is 0 Å². The van der Waals surface area contributed by atoms with Crippen LogP contribution in [-0.4, -0.2) is 69.5 Å². The molecule has 2 aliphatic rings. The Bertz CT molecular complexity index is 501. The van der Waals surface area contributed by atoms with Gasteiger partial charge in [-0.3, -0.25) is 0 Å². The first-order valence-electron chi connectivity index (χ1n) is 8.88. The van der Waals surface area contributed by atoms with Crippen molar-refractivity contribution >= 4 is 20.3 Å². The van der Waals surface area contributed by atoms with Crippen LogP contribution in [0.4, 0.5) is 0 Å². The van der Waals surface area contributed by atoms with Crippen LogP contribution in [0.1, 0.15) is 25.7 Å². The van der Waals surface area contributed by atoms with Crippen LogP contribution >= 0.6 is 7.44 Å². The van der Waals surface area contributed by atoms with Gasteiger partial charge in [0.1, 0.15) is 7.44 Å². The zero-order valence-electron chi connectivity index (χ0n) is 15.9. The molecule has 3 rings (SSSR count). The summed E-state index contributed by atoms with van der Waals surface area (Å²) in [4.78, 5) is 0. The van der Waals surface area contributed by atoms with E-state index in [4.69, 9.17) is 17.0 Å². The molecule has 0 spiro atoms. The number of benzene rings is 1. The molecule has 0 saturated carbocycles. The Morgan fingerprint density at radius 3 is 2.08 bits per heavy atom. The molecular weight excluding hydrogens is 325 g/mol. The van der Waals surface area contributed by atoms with Gasteiger partial charge in [0.2, 0.25) is 0 Å². The Morgan fingerprint density at radius 2 is 1.64 bits per heavy atom. The molecule has 0 unspecified atom stereocenters. The molecule has 2 atom stereocenters. The Hall–Kier alpha value is 0.152. The molecule has 0 aromatic heterocycles. The summed E-state index contributed by atoms with van der Waals surface area (Å²) in [7, 11) is 8.72. The SMILES string of the molecule is [B][P+](c1[c-]cccc1)(N1CCC[C@H]1COC)N1CCC[C@H]1COC.[Li+]. The smallest absolute Gasteiger partial charge is 0.383 e. The fourth-order valence-electron chi connectivity index (χ4n) is 4.18. The molecule has 0 aliphatic carbocycles. The molecule has 0 bridgehead atoms. The number of hydrogen-bond acceptors (Lipinski definition) is 4. The molecule has 2 aliphatic heterocycles. The zero-order chi connectivity index (χ0) is 17.0. The molecule has 25 heavy (non-hydrogen) atoms. The van der Waals surface area contributed by atoms with Crippen LogP contribution in [0, 0.1) is 6.07 Å². The molecule has 130 valence electrons. The van der Waals surface area contributed by atoms with E-state index in [1.165, 1.54) is 12.8 Å². The predicted molar refractivity (Wildman–Crippen MR) is 101 cm³/mol. The summed E-state index contributed by atoms with van der Waals surface area (Å²) in [5, 5.41) is 1.15. The van der Waals surface area contributed by atoms with Crippen molar-refractivity contribution in [3.05, 3.63) is 30.3 Å². The third kappa shape index (κ3) is 4.36. The molecule has 4 nitrogen and oxygen atoms in total. The van der Waals surface area contributed by atoms with Gasteiger partial charge in [-0.25, -0.2) is 0 Å². The van der Waals surface area contributed by atoms with Crippen molar-refractivity contribution in [2.24, 2.45) is 0 Å². The van der Waals surface area contributed by atoms with Crippen molar-refractivity contribution in [3.8, 4) is 0 Å². The van der Waals surface area contributed by atoms with E-state index in [0.29, 0.717) is 12.1 Å². The van der Waals surface area contributed by atoms with Gasteiger partial charge in [0, 0.05) is 32.6 Å². The van der Waals surface area contributed by atoms with E-state index in [2.05, 4.69) is 27.5 Å². The first-order valence-corrected chi connectivity index (χ1v) is 10.6. The largest absolute Gasteiger partial charge is 1.00 e. The number of rotatable bonds is 7. The minimum absolute atomic E-state index is 0. The summed E-state index contributed by atoms with van der Waals surface area (Å²) in [6, 6.07) is 12.5. The Balaban J connectivity index is 0.00000225. The number of methoxy groups -OCH3 is 2. The van der Waals surface area contributed by atoms with Crippen molar-refractivity contribution in [2.75, 3.05) is 40.5 Å². The number of nitrogens with zero attached hydrogens (tertiary/aromatic N) is 2. The van der Waals surface area contributed by atoms with E-state index >= 15 is 0 Å². The summed E-state index contributed by atoms with van der Waals surface area (Å²) in [6.07, 6.45) is 4.68. The van der Waals surface area contributed by atoms with Crippen LogP contribution in [0.3, 0.4) is 0 Å². The summed E-state index contributed by atoms with van der Waals surface area (Å²) in [5.74, 6) is 0. The van der Waals surface area contributed by atoms with Gasteiger partial charge in [-0.1, -0.05) is 0 Å². The van der Waals surface area contributed by atoms with Gasteiger partial charge >= 0.3 is 26.4 Å². The number of hydrogen-bond donors (Lipinski definition) is 0.